The number of carbonyl (C=O) groups is 3. The summed E-state index contributed by atoms with van der Waals surface area (Å²) in [6.45, 7) is 4.11. The molecule has 0 radical (unpaired) electrons. The van der Waals surface area contributed by atoms with Crippen molar-refractivity contribution in [3.63, 3.8) is 0 Å². The molecule has 3 rings (SSSR count). The molecule has 0 fully saturated rings. The van der Waals surface area contributed by atoms with Gasteiger partial charge in [0.1, 0.15) is 5.82 Å². The van der Waals surface area contributed by atoms with E-state index in [0.717, 1.165) is 6.42 Å². The summed E-state index contributed by atoms with van der Waals surface area (Å²) in [5.74, 6) is -1.01. The number of anilines is 2. The van der Waals surface area contributed by atoms with Gasteiger partial charge in [0.25, 0.3) is 0 Å². The Kier molecular flexibility index (Phi) is 7.09. The lowest BCUT2D eigenvalue weighted by Crippen LogP contribution is -2.48. The number of urea groups is 2. The van der Waals surface area contributed by atoms with Crippen molar-refractivity contribution in [3.8, 4) is 0 Å². The van der Waals surface area contributed by atoms with Gasteiger partial charge in [-0.05, 0) is 49.2 Å². The Hall–Kier alpha value is -3.88. The molecule has 1 unspecified atom stereocenters. The van der Waals surface area contributed by atoms with E-state index in [-0.39, 0.29) is 6.03 Å². The third-order valence-corrected chi connectivity index (χ3v) is 5.01. The van der Waals surface area contributed by atoms with Crippen LogP contribution in [0.15, 0.2) is 59.8 Å². The highest BCUT2D eigenvalue weighted by molar-refractivity contribution is 6.00. The zero-order valence-corrected chi connectivity index (χ0v) is 18.1. The lowest BCUT2D eigenvalue weighted by molar-refractivity contribution is -0.136. The Balaban J connectivity index is 1.86. The van der Waals surface area contributed by atoms with Crippen LogP contribution in [0.3, 0.4) is 0 Å². The van der Waals surface area contributed by atoms with Crippen molar-refractivity contribution in [3.05, 3.63) is 71.2 Å². The van der Waals surface area contributed by atoms with Crippen molar-refractivity contribution in [2.45, 2.75) is 26.3 Å². The molecular formula is C23H25FN4O4. The highest BCUT2D eigenvalue weighted by Crippen LogP contribution is 2.32. The molecule has 0 aromatic heterocycles. The summed E-state index contributed by atoms with van der Waals surface area (Å²) in [5, 5.41) is 8.07. The van der Waals surface area contributed by atoms with E-state index in [2.05, 4.69) is 16.0 Å². The number of rotatable bonds is 6. The van der Waals surface area contributed by atoms with Crippen molar-refractivity contribution in [1.82, 2.24) is 10.2 Å². The van der Waals surface area contributed by atoms with Gasteiger partial charge in [-0.3, -0.25) is 4.90 Å². The number of halogens is 1. The fourth-order valence-electron chi connectivity index (χ4n) is 3.55. The molecule has 32 heavy (non-hydrogen) atoms. The number of nitrogens with zero attached hydrogens (tertiary/aromatic N) is 1. The number of hydrogen-bond acceptors (Lipinski definition) is 4. The monoisotopic (exact) mass is 440 g/mol. The van der Waals surface area contributed by atoms with Crippen LogP contribution in [-0.4, -0.2) is 36.6 Å². The summed E-state index contributed by atoms with van der Waals surface area (Å²) in [6.07, 6.45) is 0.726. The van der Waals surface area contributed by atoms with Crippen LogP contribution in [0.5, 0.6) is 0 Å². The molecule has 1 aliphatic rings. The molecular weight excluding hydrogens is 415 g/mol. The molecule has 0 spiro atoms. The molecule has 1 heterocycles. The minimum atomic E-state index is -0.740. The summed E-state index contributed by atoms with van der Waals surface area (Å²) < 4.78 is 18.3. The van der Waals surface area contributed by atoms with Crippen LogP contribution in [0.4, 0.5) is 25.4 Å². The van der Waals surface area contributed by atoms with E-state index in [1.54, 1.807) is 37.3 Å². The number of hydrogen-bond donors (Lipinski definition) is 3. The van der Waals surface area contributed by atoms with Crippen molar-refractivity contribution in [2.24, 2.45) is 0 Å². The SMILES string of the molecule is CCCN1C(=O)NC(c2cccc(NC(=O)Nc3cccc(F)c3)c2)C(C(=O)OC)=C1C. The molecule has 168 valence electrons. The molecule has 0 bridgehead atoms. The quantitative estimate of drug-likeness (QED) is 0.580. The average Bonchev–Trinajstić information content (AvgIpc) is 2.76. The number of ether oxygens (including phenoxy) is 1. The van der Waals surface area contributed by atoms with E-state index in [9.17, 15) is 18.8 Å². The standard InChI is InChI=1S/C23H25FN4O4/c1-4-11-28-14(2)19(21(29)32-3)20(27-23(28)31)15-7-5-9-17(12-15)25-22(30)26-18-10-6-8-16(24)13-18/h5-10,12-13,20H,4,11H2,1-3H3,(H,27,31)(H2,25,26,30). The first-order valence-corrected chi connectivity index (χ1v) is 10.1. The number of carbonyl (C=O) groups excluding carboxylic acids is 3. The van der Waals surface area contributed by atoms with Gasteiger partial charge >= 0.3 is 18.0 Å². The largest absolute Gasteiger partial charge is 0.466 e. The second-order valence-electron chi connectivity index (χ2n) is 7.24. The van der Waals surface area contributed by atoms with Gasteiger partial charge < -0.3 is 20.7 Å². The number of allylic oxidation sites excluding steroid dienone is 1. The van der Waals surface area contributed by atoms with Crippen LogP contribution in [0, 0.1) is 5.82 Å². The maximum atomic E-state index is 13.3. The first-order valence-electron chi connectivity index (χ1n) is 10.1. The molecule has 0 aliphatic carbocycles. The van der Waals surface area contributed by atoms with Gasteiger partial charge in [-0.25, -0.2) is 18.8 Å². The van der Waals surface area contributed by atoms with Crippen molar-refractivity contribution in [2.75, 3.05) is 24.3 Å². The van der Waals surface area contributed by atoms with Gasteiger partial charge in [-0.1, -0.05) is 25.1 Å². The molecule has 9 heteroatoms. The maximum Gasteiger partial charge on any atom is 0.337 e. The van der Waals surface area contributed by atoms with E-state index < -0.39 is 23.9 Å². The first-order chi connectivity index (χ1) is 15.3. The molecule has 1 aliphatic heterocycles. The van der Waals surface area contributed by atoms with Crippen LogP contribution < -0.4 is 16.0 Å². The molecule has 1 atom stereocenters. The lowest BCUT2D eigenvalue weighted by Gasteiger charge is -2.35. The number of methoxy groups -OCH3 is 1. The van der Waals surface area contributed by atoms with Crippen molar-refractivity contribution < 1.29 is 23.5 Å². The lowest BCUT2D eigenvalue weighted by atomic mass is 9.94. The fraction of sp³-hybridized carbons (Fsp3) is 0.261. The van der Waals surface area contributed by atoms with Gasteiger partial charge in [0.05, 0.1) is 18.7 Å². The summed E-state index contributed by atoms with van der Waals surface area (Å²) in [7, 11) is 1.29. The predicted octanol–water partition coefficient (Wildman–Crippen LogP) is 4.39. The summed E-state index contributed by atoms with van der Waals surface area (Å²) in [5.41, 5.74) is 2.18. The molecule has 8 nitrogen and oxygen atoms in total. The summed E-state index contributed by atoms with van der Waals surface area (Å²) in [4.78, 5) is 39.0. The van der Waals surface area contributed by atoms with E-state index in [1.165, 1.54) is 30.2 Å². The first kappa shape index (κ1) is 22.8. The normalized spacial score (nSPS) is 15.8. The maximum absolute atomic E-state index is 13.3. The second-order valence-corrected chi connectivity index (χ2v) is 7.24. The molecule has 3 N–H and O–H groups in total. The highest BCUT2D eigenvalue weighted by atomic mass is 19.1. The molecule has 0 saturated carbocycles. The van der Waals surface area contributed by atoms with Gasteiger partial charge in [-0.2, -0.15) is 0 Å². The predicted molar refractivity (Wildman–Crippen MR) is 118 cm³/mol. The van der Waals surface area contributed by atoms with Crippen LogP contribution in [0.25, 0.3) is 0 Å². The Morgan fingerprint density at radius 2 is 1.78 bits per heavy atom. The topological polar surface area (TPSA) is 99.8 Å². The van der Waals surface area contributed by atoms with Crippen molar-refractivity contribution in [1.29, 1.82) is 0 Å². The Morgan fingerprint density at radius 1 is 1.12 bits per heavy atom. The summed E-state index contributed by atoms with van der Waals surface area (Å²) in [6, 6.07) is 10.7. The Morgan fingerprint density at radius 3 is 2.41 bits per heavy atom. The van der Waals surface area contributed by atoms with Crippen LogP contribution in [-0.2, 0) is 9.53 Å². The zero-order chi connectivity index (χ0) is 23.3. The minimum Gasteiger partial charge on any atom is -0.466 e. The van der Waals surface area contributed by atoms with E-state index >= 15 is 0 Å². The Labute approximate surface area is 185 Å². The van der Waals surface area contributed by atoms with Crippen LogP contribution in [0.2, 0.25) is 0 Å². The second kappa shape index (κ2) is 9.95. The smallest absolute Gasteiger partial charge is 0.337 e. The molecule has 2 aromatic carbocycles. The van der Waals surface area contributed by atoms with E-state index in [0.29, 0.717) is 34.8 Å². The van der Waals surface area contributed by atoms with E-state index in [4.69, 9.17) is 4.74 Å². The number of amides is 4. The fourth-order valence-corrected chi connectivity index (χ4v) is 3.55. The third-order valence-electron chi connectivity index (χ3n) is 5.01. The van der Waals surface area contributed by atoms with Crippen LogP contribution in [0.1, 0.15) is 31.9 Å². The van der Waals surface area contributed by atoms with Gasteiger partial charge in [0.15, 0.2) is 0 Å². The van der Waals surface area contributed by atoms with Gasteiger partial charge in [0, 0.05) is 23.6 Å². The molecule has 4 amide bonds. The molecule has 2 aromatic rings. The zero-order valence-electron chi connectivity index (χ0n) is 18.1. The number of esters is 1. The number of nitrogens with one attached hydrogen (secondary N) is 3. The average molecular weight is 440 g/mol. The van der Waals surface area contributed by atoms with E-state index in [1.807, 2.05) is 6.92 Å². The third kappa shape index (κ3) is 5.05. The molecule has 0 saturated heterocycles. The van der Waals surface area contributed by atoms with Gasteiger partial charge in [0.2, 0.25) is 0 Å². The highest BCUT2D eigenvalue weighted by Gasteiger charge is 2.36. The Bertz CT molecular complexity index is 1070. The number of benzene rings is 2. The minimum absolute atomic E-state index is 0.306. The summed E-state index contributed by atoms with van der Waals surface area (Å²) >= 11 is 0. The van der Waals surface area contributed by atoms with Gasteiger partial charge in [-0.15, -0.1) is 0 Å². The van der Waals surface area contributed by atoms with Crippen LogP contribution >= 0.6 is 0 Å². The van der Waals surface area contributed by atoms with Crippen molar-refractivity contribution >= 4 is 29.4 Å².